The molecule has 0 aliphatic heterocycles. The van der Waals surface area contributed by atoms with E-state index in [1.54, 1.807) is 7.05 Å². The molecule has 0 radical (unpaired) electrons. The average molecular weight is 241 g/mol. The van der Waals surface area contributed by atoms with E-state index in [0.717, 1.165) is 5.57 Å². The SMILES string of the molecule is C=C(C)CN(C)C(=O)CC(CC)(CC)C(=O)O. The maximum atomic E-state index is 11.9. The molecular formula is C13H23NO3. The number of nitrogens with zero attached hydrogens (tertiary/aromatic N) is 1. The Morgan fingerprint density at radius 3 is 2.06 bits per heavy atom. The average Bonchev–Trinajstić information content (AvgIpc) is 2.24. The Bertz CT molecular complexity index is 306. The molecule has 0 saturated heterocycles. The van der Waals surface area contributed by atoms with Crippen LogP contribution < -0.4 is 0 Å². The first-order valence-corrected chi connectivity index (χ1v) is 5.90. The first-order chi connectivity index (χ1) is 7.79. The van der Waals surface area contributed by atoms with Crippen molar-refractivity contribution in [1.82, 2.24) is 4.90 Å². The van der Waals surface area contributed by atoms with Crippen LogP contribution in [0.5, 0.6) is 0 Å². The van der Waals surface area contributed by atoms with Crippen molar-refractivity contribution in [3.8, 4) is 0 Å². The van der Waals surface area contributed by atoms with Gasteiger partial charge in [0.25, 0.3) is 0 Å². The zero-order valence-corrected chi connectivity index (χ0v) is 11.2. The van der Waals surface area contributed by atoms with Crippen molar-refractivity contribution in [2.75, 3.05) is 13.6 Å². The van der Waals surface area contributed by atoms with Crippen LogP contribution in [0.15, 0.2) is 12.2 Å². The Labute approximate surface area is 103 Å². The molecule has 0 aliphatic carbocycles. The lowest BCUT2D eigenvalue weighted by atomic mass is 9.79. The fourth-order valence-corrected chi connectivity index (χ4v) is 1.80. The normalized spacial score (nSPS) is 11.1. The summed E-state index contributed by atoms with van der Waals surface area (Å²) in [5.41, 5.74) is -0.0461. The lowest BCUT2D eigenvalue weighted by Crippen LogP contribution is -2.38. The monoisotopic (exact) mass is 241 g/mol. The smallest absolute Gasteiger partial charge is 0.310 e. The molecule has 98 valence electrons. The molecule has 17 heavy (non-hydrogen) atoms. The summed E-state index contributed by atoms with van der Waals surface area (Å²) >= 11 is 0. The van der Waals surface area contributed by atoms with Crippen molar-refractivity contribution in [3.63, 3.8) is 0 Å². The maximum absolute atomic E-state index is 11.9. The van der Waals surface area contributed by atoms with Gasteiger partial charge in [0.15, 0.2) is 0 Å². The molecule has 0 aromatic carbocycles. The first-order valence-electron chi connectivity index (χ1n) is 5.90. The number of carbonyl (C=O) groups is 2. The Kier molecular flexibility index (Phi) is 5.93. The molecule has 0 heterocycles. The van der Waals surface area contributed by atoms with E-state index >= 15 is 0 Å². The molecule has 0 bridgehead atoms. The van der Waals surface area contributed by atoms with E-state index in [2.05, 4.69) is 6.58 Å². The first kappa shape index (κ1) is 15.7. The topological polar surface area (TPSA) is 57.6 Å². The molecule has 4 heteroatoms. The molecular weight excluding hydrogens is 218 g/mol. The largest absolute Gasteiger partial charge is 0.481 e. The van der Waals surface area contributed by atoms with E-state index in [0.29, 0.717) is 19.4 Å². The third-order valence-corrected chi connectivity index (χ3v) is 3.23. The number of aliphatic carboxylic acids is 1. The Balaban J connectivity index is 4.72. The number of hydrogen-bond donors (Lipinski definition) is 1. The number of carboxylic acid groups (broad SMARTS) is 1. The predicted molar refractivity (Wildman–Crippen MR) is 67.7 cm³/mol. The summed E-state index contributed by atoms with van der Waals surface area (Å²) in [5, 5.41) is 9.25. The lowest BCUT2D eigenvalue weighted by Gasteiger charge is -2.28. The van der Waals surface area contributed by atoms with Crippen LogP contribution in [0.25, 0.3) is 0 Å². The van der Waals surface area contributed by atoms with E-state index in [4.69, 9.17) is 0 Å². The van der Waals surface area contributed by atoms with Gasteiger partial charge >= 0.3 is 5.97 Å². The highest BCUT2D eigenvalue weighted by atomic mass is 16.4. The van der Waals surface area contributed by atoms with Crippen molar-refractivity contribution in [1.29, 1.82) is 0 Å². The Morgan fingerprint density at radius 2 is 1.76 bits per heavy atom. The van der Waals surface area contributed by atoms with Gasteiger partial charge in [-0.2, -0.15) is 0 Å². The summed E-state index contributed by atoms with van der Waals surface area (Å²) in [5.74, 6) is -1.03. The van der Waals surface area contributed by atoms with Crippen molar-refractivity contribution in [2.45, 2.75) is 40.0 Å². The number of rotatable bonds is 7. The van der Waals surface area contributed by atoms with Crippen molar-refractivity contribution in [2.24, 2.45) is 5.41 Å². The van der Waals surface area contributed by atoms with Crippen LogP contribution >= 0.6 is 0 Å². The molecule has 0 aromatic heterocycles. The Morgan fingerprint density at radius 1 is 1.29 bits per heavy atom. The minimum atomic E-state index is -0.930. The molecule has 0 fully saturated rings. The zero-order valence-electron chi connectivity index (χ0n) is 11.2. The molecule has 4 nitrogen and oxygen atoms in total. The predicted octanol–water partition coefficient (Wildman–Crippen LogP) is 2.30. The van der Waals surface area contributed by atoms with Crippen LogP contribution in [0.3, 0.4) is 0 Å². The number of hydrogen-bond acceptors (Lipinski definition) is 2. The summed E-state index contributed by atoms with van der Waals surface area (Å²) < 4.78 is 0. The number of likely N-dealkylation sites (N-methyl/N-ethyl adjacent to an activating group) is 1. The fourth-order valence-electron chi connectivity index (χ4n) is 1.80. The van der Waals surface area contributed by atoms with Crippen molar-refractivity contribution >= 4 is 11.9 Å². The molecule has 0 saturated carbocycles. The van der Waals surface area contributed by atoms with E-state index in [1.165, 1.54) is 4.90 Å². The summed E-state index contributed by atoms with van der Waals surface area (Å²) in [4.78, 5) is 24.7. The van der Waals surface area contributed by atoms with Crippen LogP contribution in [0.2, 0.25) is 0 Å². The van der Waals surface area contributed by atoms with Crippen LogP contribution in [-0.4, -0.2) is 35.5 Å². The highest BCUT2D eigenvalue weighted by Gasteiger charge is 2.37. The second-order valence-electron chi connectivity index (χ2n) is 4.68. The fraction of sp³-hybridized carbons (Fsp3) is 0.692. The van der Waals surface area contributed by atoms with Gasteiger partial charge in [0.1, 0.15) is 0 Å². The maximum Gasteiger partial charge on any atom is 0.310 e. The minimum Gasteiger partial charge on any atom is -0.481 e. The summed E-state index contributed by atoms with van der Waals surface area (Å²) in [6.45, 7) is 9.67. The summed E-state index contributed by atoms with van der Waals surface area (Å²) in [7, 11) is 1.68. The minimum absolute atomic E-state index is 0.0547. The second-order valence-corrected chi connectivity index (χ2v) is 4.68. The second kappa shape index (κ2) is 6.42. The van der Waals surface area contributed by atoms with Crippen LogP contribution in [-0.2, 0) is 9.59 Å². The number of carbonyl (C=O) groups excluding carboxylic acids is 1. The van der Waals surface area contributed by atoms with Gasteiger partial charge in [-0.15, -0.1) is 0 Å². The third kappa shape index (κ3) is 4.21. The van der Waals surface area contributed by atoms with Crippen LogP contribution in [0.4, 0.5) is 0 Å². The number of carboxylic acids is 1. The van der Waals surface area contributed by atoms with E-state index < -0.39 is 11.4 Å². The molecule has 0 atom stereocenters. The summed E-state index contributed by atoms with van der Waals surface area (Å²) in [6.07, 6.45) is 0.982. The van der Waals surface area contributed by atoms with E-state index in [-0.39, 0.29) is 12.3 Å². The molecule has 0 spiro atoms. The molecule has 0 rings (SSSR count). The van der Waals surface area contributed by atoms with Crippen molar-refractivity contribution in [3.05, 3.63) is 12.2 Å². The molecule has 1 amide bonds. The molecule has 0 unspecified atom stereocenters. The van der Waals surface area contributed by atoms with E-state index in [9.17, 15) is 14.7 Å². The quantitative estimate of drug-likeness (QED) is 0.696. The molecule has 0 aromatic rings. The van der Waals surface area contributed by atoms with Gasteiger partial charge in [-0.3, -0.25) is 9.59 Å². The van der Waals surface area contributed by atoms with Gasteiger partial charge in [-0.1, -0.05) is 26.0 Å². The van der Waals surface area contributed by atoms with Gasteiger partial charge in [-0.05, 0) is 19.8 Å². The highest BCUT2D eigenvalue weighted by molar-refractivity contribution is 5.85. The highest BCUT2D eigenvalue weighted by Crippen LogP contribution is 2.31. The van der Waals surface area contributed by atoms with Gasteiger partial charge in [-0.25, -0.2) is 0 Å². The van der Waals surface area contributed by atoms with Crippen LogP contribution in [0.1, 0.15) is 40.0 Å². The van der Waals surface area contributed by atoms with Gasteiger partial charge in [0, 0.05) is 20.0 Å². The van der Waals surface area contributed by atoms with E-state index in [1.807, 2.05) is 20.8 Å². The van der Waals surface area contributed by atoms with Gasteiger partial charge < -0.3 is 10.0 Å². The molecule has 1 N–H and O–H groups in total. The molecule has 0 aliphatic rings. The standard InChI is InChI=1S/C13H23NO3/c1-6-13(7-2,12(16)17)8-11(15)14(5)9-10(3)4/h3,6-9H2,1-2,4-5H3,(H,16,17). The zero-order chi connectivity index (χ0) is 13.6. The van der Waals surface area contributed by atoms with Crippen LogP contribution in [0, 0.1) is 5.41 Å². The Hall–Kier alpha value is -1.32. The number of amides is 1. The lowest BCUT2D eigenvalue weighted by molar-refractivity contribution is -0.154. The van der Waals surface area contributed by atoms with Gasteiger partial charge in [0.05, 0.1) is 5.41 Å². The summed E-state index contributed by atoms with van der Waals surface area (Å²) in [6, 6.07) is 0. The van der Waals surface area contributed by atoms with Crippen molar-refractivity contribution < 1.29 is 14.7 Å². The van der Waals surface area contributed by atoms with Gasteiger partial charge in [0.2, 0.25) is 5.91 Å². The third-order valence-electron chi connectivity index (χ3n) is 3.23.